The molecule has 1 aromatic rings. The van der Waals surface area contributed by atoms with Gasteiger partial charge in [0.1, 0.15) is 6.11 Å². The standard InChI is InChI=1S/C9H8O2/c1-3-11-9-6-7(2)4-5-8(9)10/h1,4-6,10H,2H3. The molecule has 0 spiro atoms. The summed E-state index contributed by atoms with van der Waals surface area (Å²) in [5.74, 6) is 0.390. The van der Waals surface area contributed by atoms with Gasteiger partial charge in [-0.05, 0) is 24.6 Å². The van der Waals surface area contributed by atoms with Crippen LogP contribution in [0.4, 0.5) is 0 Å². The third-order valence-electron chi connectivity index (χ3n) is 1.28. The van der Waals surface area contributed by atoms with Gasteiger partial charge in [-0.25, -0.2) is 0 Å². The number of rotatable bonds is 1. The highest BCUT2D eigenvalue weighted by molar-refractivity contribution is 5.42. The first-order chi connectivity index (χ1) is 5.24. The van der Waals surface area contributed by atoms with E-state index in [1.165, 1.54) is 0 Å². The van der Waals surface area contributed by atoms with Crippen molar-refractivity contribution in [2.45, 2.75) is 6.92 Å². The van der Waals surface area contributed by atoms with Gasteiger partial charge < -0.3 is 9.84 Å². The molecule has 0 aliphatic carbocycles. The summed E-state index contributed by atoms with van der Waals surface area (Å²) in [5.41, 5.74) is 0.994. The zero-order valence-electron chi connectivity index (χ0n) is 6.16. The van der Waals surface area contributed by atoms with Crippen LogP contribution in [0.1, 0.15) is 5.56 Å². The van der Waals surface area contributed by atoms with E-state index in [0.29, 0.717) is 5.75 Å². The Kier molecular flexibility index (Phi) is 2.03. The predicted octanol–water partition coefficient (Wildman–Crippen LogP) is 1.67. The fourth-order valence-corrected chi connectivity index (χ4v) is 0.767. The Hall–Kier alpha value is -1.62. The molecule has 2 nitrogen and oxygen atoms in total. The van der Waals surface area contributed by atoms with E-state index in [-0.39, 0.29) is 5.75 Å². The molecular formula is C9H8O2. The second kappa shape index (κ2) is 2.98. The number of phenols is 1. The van der Waals surface area contributed by atoms with Gasteiger partial charge in [0.2, 0.25) is 0 Å². The zero-order chi connectivity index (χ0) is 8.27. The number of hydrogen-bond acceptors (Lipinski definition) is 2. The van der Waals surface area contributed by atoms with Crippen LogP contribution in [-0.2, 0) is 0 Å². The molecule has 11 heavy (non-hydrogen) atoms. The summed E-state index contributed by atoms with van der Waals surface area (Å²) in [6, 6.07) is 5.00. The van der Waals surface area contributed by atoms with E-state index >= 15 is 0 Å². The van der Waals surface area contributed by atoms with E-state index in [1.54, 1.807) is 18.2 Å². The Morgan fingerprint density at radius 1 is 1.55 bits per heavy atom. The van der Waals surface area contributed by atoms with Crippen molar-refractivity contribution in [3.05, 3.63) is 23.8 Å². The van der Waals surface area contributed by atoms with E-state index in [9.17, 15) is 0 Å². The maximum Gasteiger partial charge on any atom is 0.182 e. The van der Waals surface area contributed by atoms with E-state index in [0.717, 1.165) is 5.56 Å². The van der Waals surface area contributed by atoms with Crippen LogP contribution in [0.15, 0.2) is 18.2 Å². The van der Waals surface area contributed by atoms with Gasteiger partial charge in [-0.2, -0.15) is 0 Å². The molecule has 0 aliphatic rings. The van der Waals surface area contributed by atoms with E-state index in [2.05, 4.69) is 0 Å². The lowest BCUT2D eigenvalue weighted by Crippen LogP contribution is -1.83. The number of aryl methyl sites for hydroxylation is 1. The normalized spacial score (nSPS) is 8.73. The lowest BCUT2D eigenvalue weighted by atomic mass is 10.2. The summed E-state index contributed by atoms with van der Waals surface area (Å²) >= 11 is 0. The highest BCUT2D eigenvalue weighted by atomic mass is 16.5. The summed E-state index contributed by atoms with van der Waals surface area (Å²) in [5, 5.41) is 9.15. The molecule has 0 aromatic heterocycles. The van der Waals surface area contributed by atoms with E-state index in [4.69, 9.17) is 16.3 Å². The van der Waals surface area contributed by atoms with Crippen LogP contribution < -0.4 is 4.74 Å². The Balaban J connectivity index is 3.05. The first-order valence-electron chi connectivity index (χ1n) is 3.16. The van der Waals surface area contributed by atoms with Crippen molar-refractivity contribution < 1.29 is 9.84 Å². The Morgan fingerprint density at radius 3 is 2.91 bits per heavy atom. The molecule has 56 valence electrons. The minimum atomic E-state index is 0.0635. The Bertz CT molecular complexity index is 297. The topological polar surface area (TPSA) is 29.5 Å². The van der Waals surface area contributed by atoms with Crippen molar-refractivity contribution >= 4 is 0 Å². The smallest absolute Gasteiger partial charge is 0.182 e. The quantitative estimate of drug-likeness (QED) is 0.614. The van der Waals surface area contributed by atoms with Gasteiger partial charge in [0.05, 0.1) is 0 Å². The van der Waals surface area contributed by atoms with Gasteiger partial charge in [-0.15, -0.1) is 0 Å². The number of hydrogen-bond donors (Lipinski definition) is 1. The molecular weight excluding hydrogens is 140 g/mol. The maximum atomic E-state index is 9.15. The van der Waals surface area contributed by atoms with Crippen molar-refractivity contribution in [2.24, 2.45) is 0 Å². The Morgan fingerprint density at radius 2 is 2.27 bits per heavy atom. The van der Waals surface area contributed by atoms with Crippen molar-refractivity contribution in [1.29, 1.82) is 0 Å². The third kappa shape index (κ3) is 1.65. The number of ether oxygens (including phenoxy) is 1. The van der Waals surface area contributed by atoms with Crippen LogP contribution in [-0.4, -0.2) is 5.11 Å². The molecule has 0 amide bonds. The third-order valence-corrected chi connectivity index (χ3v) is 1.28. The number of phenolic OH excluding ortho intramolecular Hbond substituents is 1. The molecule has 0 fully saturated rings. The van der Waals surface area contributed by atoms with E-state index in [1.807, 2.05) is 13.0 Å². The van der Waals surface area contributed by atoms with Crippen molar-refractivity contribution in [3.8, 4) is 24.0 Å². The fourth-order valence-electron chi connectivity index (χ4n) is 0.767. The second-order valence-corrected chi connectivity index (χ2v) is 2.19. The molecule has 1 aromatic carbocycles. The number of aromatic hydroxyl groups is 1. The zero-order valence-corrected chi connectivity index (χ0v) is 6.16. The maximum absolute atomic E-state index is 9.15. The van der Waals surface area contributed by atoms with Crippen LogP contribution in [0.3, 0.4) is 0 Å². The molecule has 0 aliphatic heterocycles. The van der Waals surface area contributed by atoms with Crippen molar-refractivity contribution in [2.75, 3.05) is 0 Å². The lowest BCUT2D eigenvalue weighted by Gasteiger charge is -2.00. The van der Waals surface area contributed by atoms with Crippen LogP contribution in [0.2, 0.25) is 0 Å². The molecule has 2 heteroatoms. The summed E-state index contributed by atoms with van der Waals surface area (Å²) in [7, 11) is 0. The second-order valence-electron chi connectivity index (χ2n) is 2.19. The highest BCUT2D eigenvalue weighted by Gasteiger charge is 1.99. The SMILES string of the molecule is C#COc1cc(C)ccc1O. The summed E-state index contributed by atoms with van der Waals surface area (Å²) in [6.45, 7) is 1.89. The minimum absolute atomic E-state index is 0.0635. The minimum Gasteiger partial charge on any atom is -0.504 e. The largest absolute Gasteiger partial charge is 0.504 e. The molecule has 0 bridgehead atoms. The predicted molar refractivity (Wildman–Crippen MR) is 42.3 cm³/mol. The first-order valence-corrected chi connectivity index (χ1v) is 3.16. The molecule has 0 unspecified atom stereocenters. The average molecular weight is 148 g/mol. The summed E-state index contributed by atoms with van der Waals surface area (Å²) < 4.78 is 4.70. The van der Waals surface area contributed by atoms with Crippen molar-refractivity contribution in [1.82, 2.24) is 0 Å². The molecule has 1 N–H and O–H groups in total. The molecule has 0 saturated heterocycles. The van der Waals surface area contributed by atoms with Gasteiger partial charge >= 0.3 is 0 Å². The van der Waals surface area contributed by atoms with Gasteiger partial charge in [0.25, 0.3) is 0 Å². The van der Waals surface area contributed by atoms with E-state index < -0.39 is 0 Å². The monoisotopic (exact) mass is 148 g/mol. The van der Waals surface area contributed by atoms with Crippen LogP contribution in [0.5, 0.6) is 11.5 Å². The lowest BCUT2D eigenvalue weighted by molar-refractivity contribution is 0.425. The van der Waals surface area contributed by atoms with Crippen molar-refractivity contribution in [3.63, 3.8) is 0 Å². The van der Waals surface area contributed by atoms with Gasteiger partial charge in [-0.1, -0.05) is 12.5 Å². The van der Waals surface area contributed by atoms with Gasteiger partial charge in [0, 0.05) is 0 Å². The fraction of sp³-hybridized carbons (Fsp3) is 0.111. The molecule has 0 atom stereocenters. The first kappa shape index (κ1) is 7.49. The molecule has 0 saturated carbocycles. The van der Waals surface area contributed by atoms with Crippen LogP contribution in [0.25, 0.3) is 0 Å². The van der Waals surface area contributed by atoms with Gasteiger partial charge in [0.15, 0.2) is 11.5 Å². The summed E-state index contributed by atoms with van der Waals surface area (Å²) in [4.78, 5) is 0. The Labute approximate surface area is 65.4 Å². The number of terminal acetylenes is 1. The van der Waals surface area contributed by atoms with Crippen LogP contribution in [0, 0.1) is 19.5 Å². The summed E-state index contributed by atoms with van der Waals surface area (Å²) in [6.07, 6.45) is 6.89. The van der Waals surface area contributed by atoms with Gasteiger partial charge in [-0.3, -0.25) is 0 Å². The highest BCUT2D eigenvalue weighted by Crippen LogP contribution is 2.25. The molecule has 0 radical (unpaired) electrons. The van der Waals surface area contributed by atoms with Crippen LogP contribution >= 0.6 is 0 Å². The molecule has 0 heterocycles. The number of benzene rings is 1. The molecule has 1 rings (SSSR count). The average Bonchev–Trinajstić information content (AvgIpc) is 1.98.